The molecule has 1 saturated carbocycles. The Morgan fingerprint density at radius 2 is 1.86 bits per heavy atom. The van der Waals surface area contributed by atoms with Gasteiger partial charge in [0.1, 0.15) is 17.5 Å². The molecular formula is C21H29F2NO4. The number of alkyl halides is 2. The zero-order valence-corrected chi connectivity index (χ0v) is 17.1. The maximum Gasteiger partial charge on any atom is 0.423 e. The molecule has 156 valence electrons. The number of ether oxygens (including phenoxy) is 4. The van der Waals surface area contributed by atoms with E-state index in [1.165, 1.54) is 6.20 Å². The lowest BCUT2D eigenvalue weighted by atomic mass is 9.91. The Labute approximate surface area is 165 Å². The van der Waals surface area contributed by atoms with Crippen LogP contribution in [0.1, 0.15) is 53.2 Å². The molecule has 1 heterocycles. The van der Waals surface area contributed by atoms with Crippen molar-refractivity contribution >= 4 is 0 Å². The maximum atomic E-state index is 13.6. The Balaban J connectivity index is 1.76. The van der Waals surface area contributed by atoms with Gasteiger partial charge in [0.05, 0.1) is 37.2 Å². The number of aromatic nitrogens is 1. The van der Waals surface area contributed by atoms with Crippen LogP contribution in [0.3, 0.4) is 0 Å². The normalized spacial score (nSPS) is 19.7. The van der Waals surface area contributed by atoms with Crippen LogP contribution in [0.5, 0.6) is 5.75 Å². The number of rotatable bonds is 8. The first-order chi connectivity index (χ1) is 13.0. The van der Waals surface area contributed by atoms with Gasteiger partial charge in [-0.3, -0.25) is 0 Å². The van der Waals surface area contributed by atoms with E-state index in [9.17, 15) is 8.78 Å². The SMILES string of the molecule is CC(C)OCCOC(F)(F)C#Cc1ccc(OC2CC(OC(C)(C)C)C2)cn1. The Hall–Kier alpha value is -1.75. The summed E-state index contributed by atoms with van der Waals surface area (Å²) in [6.45, 7) is 9.57. The van der Waals surface area contributed by atoms with Crippen LogP contribution in [0.15, 0.2) is 18.3 Å². The van der Waals surface area contributed by atoms with Gasteiger partial charge in [-0.15, -0.1) is 0 Å². The molecule has 0 amide bonds. The minimum absolute atomic E-state index is 0.0370. The molecule has 0 aromatic carbocycles. The molecule has 0 N–H and O–H groups in total. The summed E-state index contributed by atoms with van der Waals surface area (Å²) in [6.07, 6.45) is -0.174. The summed E-state index contributed by atoms with van der Waals surface area (Å²) in [4.78, 5) is 4.05. The van der Waals surface area contributed by atoms with Crippen molar-refractivity contribution in [1.82, 2.24) is 4.98 Å². The average Bonchev–Trinajstić information content (AvgIpc) is 2.55. The van der Waals surface area contributed by atoms with E-state index < -0.39 is 6.11 Å². The largest absolute Gasteiger partial charge is 0.489 e. The molecule has 0 radical (unpaired) electrons. The maximum absolute atomic E-state index is 13.6. The lowest BCUT2D eigenvalue weighted by molar-refractivity contribution is -0.200. The second kappa shape index (κ2) is 9.64. The zero-order valence-electron chi connectivity index (χ0n) is 17.1. The standard InChI is InChI=1S/C21H29F2NO4/c1-15(2)25-10-11-26-21(22,23)9-8-16-6-7-17(14-24-16)27-18-12-19(13-18)28-20(3,4)5/h6-7,14-15,18-19H,10-13H2,1-5H3. The van der Waals surface area contributed by atoms with Crippen molar-refractivity contribution in [2.75, 3.05) is 13.2 Å². The summed E-state index contributed by atoms with van der Waals surface area (Å²) in [5.74, 6) is 4.70. The average molecular weight is 397 g/mol. The zero-order chi connectivity index (χ0) is 20.8. The summed E-state index contributed by atoms with van der Waals surface area (Å²) >= 11 is 0. The van der Waals surface area contributed by atoms with E-state index in [1.54, 1.807) is 18.1 Å². The molecule has 1 fully saturated rings. The van der Waals surface area contributed by atoms with Crippen LogP contribution in [0.4, 0.5) is 8.78 Å². The highest BCUT2D eigenvalue weighted by molar-refractivity contribution is 5.32. The monoisotopic (exact) mass is 397 g/mol. The lowest BCUT2D eigenvalue weighted by Gasteiger charge is -2.39. The molecule has 5 nitrogen and oxygen atoms in total. The molecule has 0 saturated heterocycles. The highest BCUT2D eigenvalue weighted by Gasteiger charge is 2.34. The van der Waals surface area contributed by atoms with Crippen LogP contribution in [0.25, 0.3) is 0 Å². The van der Waals surface area contributed by atoms with Crippen molar-refractivity contribution in [3.05, 3.63) is 24.0 Å². The van der Waals surface area contributed by atoms with Gasteiger partial charge in [0, 0.05) is 18.8 Å². The van der Waals surface area contributed by atoms with Crippen molar-refractivity contribution in [3.63, 3.8) is 0 Å². The van der Waals surface area contributed by atoms with Gasteiger partial charge in [-0.1, -0.05) is 0 Å². The van der Waals surface area contributed by atoms with Gasteiger partial charge in [-0.25, -0.2) is 4.98 Å². The number of halogens is 2. The lowest BCUT2D eigenvalue weighted by Crippen LogP contribution is -2.43. The molecule has 1 aliphatic rings. The Kier molecular flexibility index (Phi) is 7.76. The van der Waals surface area contributed by atoms with Crippen molar-refractivity contribution in [2.45, 2.75) is 77.5 Å². The highest BCUT2D eigenvalue weighted by Crippen LogP contribution is 2.31. The predicted molar refractivity (Wildman–Crippen MR) is 101 cm³/mol. The van der Waals surface area contributed by atoms with Crippen LogP contribution in [-0.4, -0.2) is 48.2 Å². The molecule has 0 bridgehead atoms. The van der Waals surface area contributed by atoms with Crippen molar-refractivity contribution in [1.29, 1.82) is 0 Å². The van der Waals surface area contributed by atoms with Gasteiger partial charge in [0.15, 0.2) is 0 Å². The fourth-order valence-electron chi connectivity index (χ4n) is 2.55. The molecule has 28 heavy (non-hydrogen) atoms. The third-order valence-electron chi connectivity index (χ3n) is 3.76. The van der Waals surface area contributed by atoms with Crippen LogP contribution in [0, 0.1) is 11.8 Å². The Morgan fingerprint density at radius 3 is 2.43 bits per heavy atom. The molecule has 1 aromatic rings. The number of pyridine rings is 1. The molecule has 1 aromatic heterocycles. The fraction of sp³-hybridized carbons (Fsp3) is 0.667. The first-order valence-corrected chi connectivity index (χ1v) is 9.49. The van der Waals surface area contributed by atoms with Crippen LogP contribution in [0.2, 0.25) is 0 Å². The summed E-state index contributed by atoms with van der Waals surface area (Å²) < 4.78 is 48.4. The molecule has 0 aliphatic heterocycles. The van der Waals surface area contributed by atoms with E-state index in [-0.39, 0.29) is 42.8 Å². The smallest absolute Gasteiger partial charge is 0.423 e. The summed E-state index contributed by atoms with van der Waals surface area (Å²) in [7, 11) is 0. The third-order valence-corrected chi connectivity index (χ3v) is 3.76. The molecule has 7 heteroatoms. The first-order valence-electron chi connectivity index (χ1n) is 9.49. The molecule has 0 atom stereocenters. The van der Waals surface area contributed by atoms with Gasteiger partial charge in [0.2, 0.25) is 0 Å². The van der Waals surface area contributed by atoms with Gasteiger partial charge < -0.3 is 18.9 Å². The summed E-state index contributed by atoms with van der Waals surface area (Å²) in [5.41, 5.74) is 0.0571. The van der Waals surface area contributed by atoms with Gasteiger partial charge in [-0.05, 0) is 52.7 Å². The molecular weight excluding hydrogens is 368 g/mol. The van der Waals surface area contributed by atoms with Crippen LogP contribution >= 0.6 is 0 Å². The highest BCUT2D eigenvalue weighted by atomic mass is 19.3. The molecule has 1 aliphatic carbocycles. The van der Waals surface area contributed by atoms with Crippen LogP contribution < -0.4 is 4.74 Å². The minimum atomic E-state index is -3.55. The van der Waals surface area contributed by atoms with E-state index in [1.807, 2.05) is 34.6 Å². The summed E-state index contributed by atoms with van der Waals surface area (Å²) in [6, 6.07) is 3.21. The van der Waals surface area contributed by atoms with E-state index in [4.69, 9.17) is 14.2 Å². The van der Waals surface area contributed by atoms with E-state index in [0.717, 1.165) is 12.8 Å². The molecule has 0 spiro atoms. The number of hydrogen-bond acceptors (Lipinski definition) is 5. The fourth-order valence-corrected chi connectivity index (χ4v) is 2.55. The third kappa shape index (κ3) is 8.51. The quantitative estimate of drug-likeness (QED) is 0.486. The second-order valence-electron chi connectivity index (χ2n) is 7.98. The van der Waals surface area contributed by atoms with Crippen LogP contribution in [-0.2, 0) is 14.2 Å². The topological polar surface area (TPSA) is 49.8 Å². The Morgan fingerprint density at radius 1 is 1.14 bits per heavy atom. The van der Waals surface area contributed by atoms with E-state index in [0.29, 0.717) is 5.75 Å². The molecule has 2 rings (SSSR count). The van der Waals surface area contributed by atoms with Gasteiger partial charge in [-0.2, -0.15) is 8.78 Å². The second-order valence-corrected chi connectivity index (χ2v) is 7.98. The Bertz CT molecular complexity index is 668. The number of nitrogens with zero attached hydrogens (tertiary/aromatic N) is 1. The predicted octanol–water partition coefficient (Wildman–Crippen LogP) is 4.19. The minimum Gasteiger partial charge on any atom is -0.489 e. The van der Waals surface area contributed by atoms with Crippen molar-refractivity contribution in [3.8, 4) is 17.6 Å². The van der Waals surface area contributed by atoms with E-state index >= 15 is 0 Å². The summed E-state index contributed by atoms with van der Waals surface area (Å²) in [5, 5.41) is 0. The van der Waals surface area contributed by atoms with Crippen molar-refractivity contribution in [2.24, 2.45) is 0 Å². The molecule has 0 unspecified atom stereocenters. The number of hydrogen-bond donors (Lipinski definition) is 0. The van der Waals surface area contributed by atoms with Gasteiger partial charge in [0.25, 0.3) is 0 Å². The first kappa shape index (κ1) is 22.5. The van der Waals surface area contributed by atoms with E-state index in [2.05, 4.69) is 15.6 Å². The van der Waals surface area contributed by atoms with Crippen molar-refractivity contribution < 1.29 is 27.7 Å². The van der Waals surface area contributed by atoms with Gasteiger partial charge >= 0.3 is 6.11 Å².